The standard InChI is InChI=1S/C11H19N3OS/c1-3-4-12-11-6-13-10(5-14-11)8-16-9(2)7-15/h5-6,9,15H,3-4,7-8H2,1-2H3,(H,12,14). The monoisotopic (exact) mass is 241 g/mol. The van der Waals surface area contributed by atoms with Crippen molar-refractivity contribution in [1.82, 2.24) is 9.97 Å². The van der Waals surface area contributed by atoms with Gasteiger partial charge in [-0.2, -0.15) is 0 Å². The molecule has 0 bridgehead atoms. The van der Waals surface area contributed by atoms with Gasteiger partial charge in [0.1, 0.15) is 5.82 Å². The molecule has 2 N–H and O–H groups in total. The molecule has 1 aromatic heterocycles. The Morgan fingerprint density at radius 3 is 2.81 bits per heavy atom. The highest BCUT2D eigenvalue weighted by Gasteiger charge is 2.02. The molecule has 0 aliphatic heterocycles. The maximum absolute atomic E-state index is 8.89. The SMILES string of the molecule is CCCNc1cnc(CSC(C)CO)cn1. The highest BCUT2D eigenvalue weighted by Crippen LogP contribution is 2.15. The molecule has 4 nitrogen and oxygen atoms in total. The first-order chi connectivity index (χ1) is 7.76. The molecular weight excluding hydrogens is 222 g/mol. The molecule has 0 saturated heterocycles. The van der Waals surface area contributed by atoms with E-state index >= 15 is 0 Å². The third kappa shape index (κ3) is 4.81. The van der Waals surface area contributed by atoms with Crippen LogP contribution in [-0.2, 0) is 5.75 Å². The number of anilines is 1. The number of nitrogens with zero attached hydrogens (tertiary/aromatic N) is 2. The zero-order valence-corrected chi connectivity index (χ0v) is 10.6. The molecule has 0 radical (unpaired) electrons. The summed E-state index contributed by atoms with van der Waals surface area (Å²) in [6.07, 6.45) is 4.62. The van der Waals surface area contributed by atoms with Crippen molar-refractivity contribution in [1.29, 1.82) is 0 Å². The summed E-state index contributed by atoms with van der Waals surface area (Å²) < 4.78 is 0. The summed E-state index contributed by atoms with van der Waals surface area (Å²) in [5.74, 6) is 1.62. The van der Waals surface area contributed by atoms with Gasteiger partial charge in [-0.05, 0) is 6.42 Å². The van der Waals surface area contributed by atoms with Crippen LogP contribution in [0, 0.1) is 0 Å². The molecule has 0 aliphatic carbocycles. The number of nitrogens with one attached hydrogen (secondary N) is 1. The van der Waals surface area contributed by atoms with Crippen molar-refractivity contribution in [3.63, 3.8) is 0 Å². The van der Waals surface area contributed by atoms with E-state index in [1.165, 1.54) is 0 Å². The Kier molecular flexibility index (Phi) is 6.18. The lowest BCUT2D eigenvalue weighted by Crippen LogP contribution is -2.05. The Morgan fingerprint density at radius 1 is 1.44 bits per heavy atom. The summed E-state index contributed by atoms with van der Waals surface area (Å²) in [6.45, 7) is 5.23. The molecule has 16 heavy (non-hydrogen) atoms. The summed E-state index contributed by atoms with van der Waals surface area (Å²) in [5.41, 5.74) is 0.951. The van der Waals surface area contributed by atoms with Crippen molar-refractivity contribution in [2.45, 2.75) is 31.3 Å². The average Bonchev–Trinajstić information content (AvgIpc) is 2.34. The fourth-order valence-electron chi connectivity index (χ4n) is 1.05. The summed E-state index contributed by atoms with van der Waals surface area (Å²) in [7, 11) is 0. The number of aliphatic hydroxyl groups is 1. The first kappa shape index (κ1) is 13.3. The average molecular weight is 241 g/mol. The highest BCUT2D eigenvalue weighted by atomic mass is 32.2. The summed E-state index contributed by atoms with van der Waals surface area (Å²) in [5, 5.41) is 12.3. The van der Waals surface area contributed by atoms with E-state index in [1.54, 1.807) is 24.2 Å². The molecule has 5 heteroatoms. The maximum atomic E-state index is 8.89. The van der Waals surface area contributed by atoms with Crippen LogP contribution in [-0.4, -0.2) is 33.5 Å². The van der Waals surface area contributed by atoms with Crippen molar-refractivity contribution in [2.75, 3.05) is 18.5 Å². The van der Waals surface area contributed by atoms with Gasteiger partial charge in [-0.3, -0.25) is 4.98 Å². The lowest BCUT2D eigenvalue weighted by atomic mass is 10.4. The predicted molar refractivity (Wildman–Crippen MR) is 68.7 cm³/mol. The van der Waals surface area contributed by atoms with Crippen LogP contribution in [0.15, 0.2) is 12.4 Å². The molecule has 0 spiro atoms. The lowest BCUT2D eigenvalue weighted by molar-refractivity contribution is 0.300. The minimum Gasteiger partial charge on any atom is -0.395 e. The normalized spacial score (nSPS) is 12.4. The first-order valence-electron chi connectivity index (χ1n) is 5.53. The van der Waals surface area contributed by atoms with Crippen molar-refractivity contribution in [2.24, 2.45) is 0 Å². The molecule has 1 heterocycles. The van der Waals surface area contributed by atoms with Crippen LogP contribution in [0.2, 0.25) is 0 Å². The second kappa shape index (κ2) is 7.46. The molecule has 1 unspecified atom stereocenters. The number of hydrogen-bond donors (Lipinski definition) is 2. The Balaban J connectivity index is 2.38. The van der Waals surface area contributed by atoms with Crippen LogP contribution < -0.4 is 5.32 Å². The maximum Gasteiger partial charge on any atom is 0.144 e. The molecule has 0 aromatic carbocycles. The molecule has 1 atom stereocenters. The largest absolute Gasteiger partial charge is 0.395 e. The van der Waals surface area contributed by atoms with Crippen molar-refractivity contribution in [3.8, 4) is 0 Å². The molecule has 90 valence electrons. The minimum absolute atomic E-state index is 0.203. The van der Waals surface area contributed by atoms with E-state index in [-0.39, 0.29) is 11.9 Å². The Labute approximate surface area is 101 Å². The molecule has 0 saturated carbocycles. The fraction of sp³-hybridized carbons (Fsp3) is 0.636. The van der Waals surface area contributed by atoms with E-state index < -0.39 is 0 Å². The second-order valence-corrected chi connectivity index (χ2v) is 5.05. The zero-order chi connectivity index (χ0) is 11.8. The third-order valence-corrected chi connectivity index (χ3v) is 3.21. The van der Waals surface area contributed by atoms with Gasteiger partial charge in [-0.15, -0.1) is 11.8 Å². The van der Waals surface area contributed by atoms with E-state index in [9.17, 15) is 0 Å². The van der Waals surface area contributed by atoms with Crippen LogP contribution in [0.1, 0.15) is 26.0 Å². The Bertz CT molecular complexity index is 292. The van der Waals surface area contributed by atoms with E-state index in [0.29, 0.717) is 0 Å². The Morgan fingerprint density at radius 2 is 2.25 bits per heavy atom. The van der Waals surface area contributed by atoms with Gasteiger partial charge in [0.05, 0.1) is 24.7 Å². The molecule has 1 aromatic rings. The molecule has 0 amide bonds. The van der Waals surface area contributed by atoms with Crippen LogP contribution in [0.25, 0.3) is 0 Å². The van der Waals surface area contributed by atoms with Gasteiger partial charge in [0, 0.05) is 17.5 Å². The van der Waals surface area contributed by atoms with Gasteiger partial charge in [0.25, 0.3) is 0 Å². The third-order valence-electron chi connectivity index (χ3n) is 2.03. The van der Waals surface area contributed by atoms with Crippen molar-refractivity contribution < 1.29 is 5.11 Å². The highest BCUT2D eigenvalue weighted by molar-refractivity contribution is 7.99. The minimum atomic E-state index is 0.203. The quantitative estimate of drug-likeness (QED) is 0.763. The van der Waals surface area contributed by atoms with Gasteiger partial charge in [-0.25, -0.2) is 4.98 Å². The number of aromatic nitrogens is 2. The van der Waals surface area contributed by atoms with Crippen molar-refractivity contribution in [3.05, 3.63) is 18.1 Å². The van der Waals surface area contributed by atoms with E-state index in [4.69, 9.17) is 5.11 Å². The topological polar surface area (TPSA) is 58.0 Å². The molecular formula is C11H19N3OS. The van der Waals surface area contributed by atoms with Crippen LogP contribution in [0.3, 0.4) is 0 Å². The van der Waals surface area contributed by atoms with Gasteiger partial charge in [0.15, 0.2) is 0 Å². The number of thioether (sulfide) groups is 1. The van der Waals surface area contributed by atoms with Crippen LogP contribution >= 0.6 is 11.8 Å². The van der Waals surface area contributed by atoms with Gasteiger partial charge in [0.2, 0.25) is 0 Å². The van der Waals surface area contributed by atoms with Crippen LogP contribution in [0.4, 0.5) is 5.82 Å². The van der Waals surface area contributed by atoms with E-state index in [2.05, 4.69) is 22.2 Å². The number of aliphatic hydroxyl groups excluding tert-OH is 1. The van der Waals surface area contributed by atoms with Gasteiger partial charge >= 0.3 is 0 Å². The van der Waals surface area contributed by atoms with Gasteiger partial charge < -0.3 is 10.4 Å². The predicted octanol–water partition coefficient (Wildman–Crippen LogP) is 1.91. The second-order valence-electron chi connectivity index (χ2n) is 3.62. The molecule has 0 fully saturated rings. The van der Waals surface area contributed by atoms with Crippen LogP contribution in [0.5, 0.6) is 0 Å². The zero-order valence-electron chi connectivity index (χ0n) is 9.81. The van der Waals surface area contributed by atoms with E-state index in [0.717, 1.165) is 30.2 Å². The molecule has 0 aliphatic rings. The van der Waals surface area contributed by atoms with Crippen molar-refractivity contribution >= 4 is 17.6 Å². The first-order valence-corrected chi connectivity index (χ1v) is 6.58. The summed E-state index contributed by atoms with van der Waals surface area (Å²) in [6, 6.07) is 0. The van der Waals surface area contributed by atoms with E-state index in [1.807, 2.05) is 6.92 Å². The Hall–Kier alpha value is -0.810. The smallest absolute Gasteiger partial charge is 0.144 e. The fourth-order valence-corrected chi connectivity index (χ4v) is 1.76. The van der Waals surface area contributed by atoms with Gasteiger partial charge in [-0.1, -0.05) is 13.8 Å². The molecule has 1 rings (SSSR count). The number of hydrogen-bond acceptors (Lipinski definition) is 5. The number of rotatable bonds is 7. The summed E-state index contributed by atoms with van der Waals surface area (Å²) >= 11 is 1.68. The lowest BCUT2D eigenvalue weighted by Gasteiger charge is -2.07. The summed E-state index contributed by atoms with van der Waals surface area (Å²) in [4.78, 5) is 8.58.